The highest BCUT2D eigenvalue weighted by Crippen LogP contribution is 2.58. The van der Waals surface area contributed by atoms with E-state index >= 15 is 0 Å². The number of hydrogen-bond acceptors (Lipinski definition) is 14. The Labute approximate surface area is 346 Å². The molecule has 0 radical (unpaired) electrons. The molecule has 8 rings (SSSR count). The van der Waals surface area contributed by atoms with Crippen LogP contribution in [0, 0.1) is 5.92 Å². The summed E-state index contributed by atoms with van der Waals surface area (Å²) in [6.45, 7) is 5.48. The van der Waals surface area contributed by atoms with Crippen LogP contribution < -0.4 is 26.9 Å². The van der Waals surface area contributed by atoms with Gasteiger partial charge in [0.2, 0.25) is 0 Å². The molecular formula is C46H51N5O9. The van der Waals surface area contributed by atoms with Gasteiger partial charge < -0.3 is 51.1 Å². The number of phenolic OH excluding ortho intramolecular Hbond substituents is 2. The summed E-state index contributed by atoms with van der Waals surface area (Å²) in [5, 5.41) is 48.2. The number of ether oxygens (including phenoxy) is 2. The van der Waals surface area contributed by atoms with Gasteiger partial charge in [0.05, 0.1) is 6.61 Å². The molecule has 0 amide bonds. The summed E-state index contributed by atoms with van der Waals surface area (Å²) in [7, 11) is 0. The Kier molecular flexibility index (Phi) is 11.0. The van der Waals surface area contributed by atoms with Crippen molar-refractivity contribution in [3.63, 3.8) is 0 Å². The van der Waals surface area contributed by atoms with Crippen molar-refractivity contribution in [1.29, 1.82) is 0 Å². The van der Waals surface area contributed by atoms with Gasteiger partial charge in [-0.3, -0.25) is 4.79 Å². The molecule has 4 bridgehead atoms. The Balaban J connectivity index is 1.50. The molecule has 1 aliphatic carbocycles. The first kappa shape index (κ1) is 40.8. The molecule has 314 valence electrons. The molecule has 3 aliphatic rings. The van der Waals surface area contributed by atoms with Gasteiger partial charge in [0, 0.05) is 71.4 Å². The molecule has 14 heteroatoms. The summed E-state index contributed by atoms with van der Waals surface area (Å²) < 4.78 is 20.4. The molecule has 9 N–H and O–H groups in total. The molecule has 5 heterocycles. The number of hydrogen-bond donors (Lipinski definition) is 7. The zero-order valence-electron chi connectivity index (χ0n) is 33.9. The maximum atomic E-state index is 14.2. The molecule has 2 aliphatic heterocycles. The number of benzene rings is 2. The Morgan fingerprint density at radius 1 is 1.08 bits per heavy atom. The molecule has 2 aromatic carbocycles. The number of fused-ring (bicyclic) bond motifs is 5. The van der Waals surface area contributed by atoms with E-state index < -0.39 is 59.8 Å². The fraction of sp³-hybridized carbons (Fsp3) is 0.391. The molecule has 0 saturated heterocycles. The number of aromatic hydroxyl groups is 2. The summed E-state index contributed by atoms with van der Waals surface area (Å²) in [5.74, 6) is -2.54. The number of aryl methyl sites for hydroxylation is 1. The van der Waals surface area contributed by atoms with Gasteiger partial charge in [-0.2, -0.15) is 0 Å². The SMILES string of the molecule is C/C=C(/CNCC)C(=O)O[C@@H]1Cc2c3c(c4oc(CO)cc(=O)c4c2O)[C@@H]2c4ccnc(N)c4[C@@H](CCc4ccc(O)cc4[C@H]2CO)C[C@@H](Cc2ccc(N)nc2)[C@]1(C)O3. The highest BCUT2D eigenvalue weighted by atomic mass is 16.6. The number of phenols is 2. The van der Waals surface area contributed by atoms with Crippen LogP contribution >= 0.6 is 0 Å². The van der Waals surface area contributed by atoms with Crippen LogP contribution in [0.5, 0.6) is 17.2 Å². The average molecular weight is 818 g/mol. The van der Waals surface area contributed by atoms with Crippen LogP contribution in [0.4, 0.5) is 11.6 Å². The van der Waals surface area contributed by atoms with Crippen LogP contribution in [0.2, 0.25) is 0 Å². The van der Waals surface area contributed by atoms with E-state index in [1.807, 2.05) is 32.0 Å². The fourth-order valence-corrected chi connectivity index (χ4v) is 9.83. The van der Waals surface area contributed by atoms with Crippen molar-refractivity contribution in [2.45, 2.75) is 88.9 Å². The smallest absolute Gasteiger partial charge is 0.335 e. The number of carbonyl (C=O) groups is 1. The lowest BCUT2D eigenvalue weighted by molar-refractivity contribution is -0.165. The van der Waals surface area contributed by atoms with Crippen LogP contribution in [0.1, 0.15) is 96.1 Å². The van der Waals surface area contributed by atoms with E-state index in [0.717, 1.165) is 22.8 Å². The molecular weight excluding hydrogens is 767 g/mol. The molecule has 14 nitrogen and oxygen atoms in total. The summed E-state index contributed by atoms with van der Waals surface area (Å²) in [6.07, 6.45) is 5.96. The van der Waals surface area contributed by atoms with E-state index in [1.54, 1.807) is 43.6 Å². The maximum Gasteiger partial charge on any atom is 0.335 e. The molecule has 0 saturated carbocycles. The van der Waals surface area contributed by atoms with Crippen molar-refractivity contribution in [2.24, 2.45) is 5.92 Å². The zero-order valence-corrected chi connectivity index (χ0v) is 33.9. The number of nitrogens with zero attached hydrogens (tertiary/aromatic N) is 2. The highest BCUT2D eigenvalue weighted by Gasteiger charge is 2.54. The number of aliphatic hydroxyl groups is 2. The van der Waals surface area contributed by atoms with Gasteiger partial charge in [0.25, 0.3) is 0 Å². The van der Waals surface area contributed by atoms with Gasteiger partial charge in [-0.15, -0.1) is 0 Å². The van der Waals surface area contributed by atoms with E-state index in [9.17, 15) is 30.0 Å². The third kappa shape index (κ3) is 7.01. The number of anilines is 2. The lowest BCUT2D eigenvalue weighted by Gasteiger charge is -2.49. The minimum Gasteiger partial charge on any atom is -0.508 e. The molecule has 0 unspecified atom stereocenters. The molecule has 0 fully saturated rings. The Hall–Kier alpha value is -5.96. The third-order valence-corrected chi connectivity index (χ3v) is 12.9. The number of nitrogens with one attached hydrogen (secondary N) is 1. The van der Waals surface area contributed by atoms with Crippen LogP contribution in [0.3, 0.4) is 0 Å². The van der Waals surface area contributed by atoms with Crippen LogP contribution in [0.25, 0.3) is 11.0 Å². The summed E-state index contributed by atoms with van der Waals surface area (Å²) in [4.78, 5) is 37.3. The van der Waals surface area contributed by atoms with Gasteiger partial charge in [0.1, 0.15) is 63.9 Å². The minimum absolute atomic E-state index is 0.00695. The summed E-state index contributed by atoms with van der Waals surface area (Å²) in [5.41, 5.74) is 15.9. The quantitative estimate of drug-likeness (QED) is 0.0765. The number of carbonyl (C=O) groups excluding carboxylic acids is 1. The number of aromatic nitrogens is 2. The van der Waals surface area contributed by atoms with Gasteiger partial charge in [-0.05, 0) is 98.5 Å². The molecule has 6 atom stereocenters. The van der Waals surface area contributed by atoms with Crippen molar-refractivity contribution < 1.29 is 39.1 Å². The first-order valence-electron chi connectivity index (χ1n) is 20.5. The fourth-order valence-electron chi connectivity index (χ4n) is 9.83. The zero-order chi connectivity index (χ0) is 42.5. The average Bonchev–Trinajstić information content (AvgIpc) is 3.28. The number of rotatable bonds is 9. The van der Waals surface area contributed by atoms with Gasteiger partial charge >= 0.3 is 5.97 Å². The second-order valence-corrected chi connectivity index (χ2v) is 16.3. The number of nitrogens with two attached hydrogens (primary N) is 2. The predicted octanol–water partition coefficient (Wildman–Crippen LogP) is 5.01. The van der Waals surface area contributed by atoms with E-state index in [0.29, 0.717) is 60.3 Å². The Morgan fingerprint density at radius 2 is 1.90 bits per heavy atom. The monoisotopic (exact) mass is 817 g/mol. The molecule has 5 aromatic rings. The first-order chi connectivity index (χ1) is 28.9. The molecule has 3 aromatic heterocycles. The topological polar surface area (TPSA) is 237 Å². The minimum atomic E-state index is -1.32. The third-order valence-electron chi connectivity index (χ3n) is 12.9. The normalized spacial score (nSPS) is 23.4. The van der Waals surface area contributed by atoms with E-state index in [1.165, 1.54) is 0 Å². The number of nitrogen functional groups attached to an aromatic ring is 2. The van der Waals surface area contributed by atoms with Gasteiger partial charge in [0.15, 0.2) is 5.43 Å². The highest BCUT2D eigenvalue weighted by molar-refractivity contribution is 5.92. The second-order valence-electron chi connectivity index (χ2n) is 16.3. The van der Waals surface area contributed by atoms with E-state index in [-0.39, 0.29) is 58.5 Å². The predicted molar refractivity (Wildman–Crippen MR) is 225 cm³/mol. The van der Waals surface area contributed by atoms with E-state index in [4.69, 9.17) is 25.4 Å². The Morgan fingerprint density at radius 3 is 2.62 bits per heavy atom. The first-order valence-corrected chi connectivity index (χ1v) is 20.5. The van der Waals surface area contributed by atoms with Gasteiger partial charge in [-0.25, -0.2) is 14.8 Å². The number of likely N-dealkylation sites (N-methyl/N-ethyl adjacent to an activating group) is 1. The van der Waals surface area contributed by atoms with Crippen molar-refractivity contribution in [1.82, 2.24) is 15.3 Å². The molecule has 0 spiro atoms. The van der Waals surface area contributed by atoms with Crippen molar-refractivity contribution in [2.75, 3.05) is 31.2 Å². The number of allylic oxidation sites excluding steroid dienone is 1. The number of pyridine rings is 2. The molecule has 60 heavy (non-hydrogen) atoms. The second kappa shape index (κ2) is 16.2. The van der Waals surface area contributed by atoms with Crippen molar-refractivity contribution >= 4 is 28.6 Å². The summed E-state index contributed by atoms with van der Waals surface area (Å²) in [6, 6.07) is 11.8. The van der Waals surface area contributed by atoms with Crippen LogP contribution in [-0.4, -0.2) is 67.8 Å². The largest absolute Gasteiger partial charge is 0.508 e. The lowest BCUT2D eigenvalue weighted by atomic mass is 9.67. The summed E-state index contributed by atoms with van der Waals surface area (Å²) >= 11 is 0. The van der Waals surface area contributed by atoms with Crippen molar-refractivity contribution in [3.8, 4) is 17.2 Å². The van der Waals surface area contributed by atoms with Crippen LogP contribution in [-0.2, 0) is 35.4 Å². The lowest BCUT2D eigenvalue weighted by Crippen LogP contribution is -2.57. The number of aliphatic hydroxyl groups excluding tert-OH is 2. The van der Waals surface area contributed by atoms with Gasteiger partial charge in [-0.1, -0.05) is 25.1 Å². The van der Waals surface area contributed by atoms with Crippen molar-refractivity contribution in [3.05, 3.63) is 121 Å². The van der Waals surface area contributed by atoms with E-state index in [2.05, 4.69) is 15.3 Å². The van der Waals surface area contributed by atoms with Crippen LogP contribution in [0.15, 0.2) is 75.7 Å². The standard InChI is InChI=1S/C46H51N5O9/c1-4-24(20-49-5-2)45(57)59-35-18-32-41(56)39-34(55)17-29(21-52)58-43(39)40-38-30-12-13-50-44(48)37(30)26(8-7-25-9-10-28(54)16-31(25)33(38)22-53)15-27(46(35,3)60-42(32)40)14-23-6-11-36(47)51-19-23/h4,6,9-13,16-17,19,26-27,33,35,38,49,52-54,56H,5,7-8,14-15,18,20-22H2,1-3H3,(H2,47,51)(H2,48,50)/b24-4-/t26-,27+,33+,35+,38+,46-/m0/s1. The number of esters is 1. The maximum absolute atomic E-state index is 14.2. The Bertz CT molecular complexity index is 2560.